The molecule has 0 heterocycles. The van der Waals surface area contributed by atoms with Gasteiger partial charge in [-0.25, -0.2) is 0 Å². The maximum absolute atomic E-state index is 9.08. The van der Waals surface area contributed by atoms with Crippen molar-refractivity contribution >= 4 is 33.0 Å². The Balaban J connectivity index is 2.43. The van der Waals surface area contributed by atoms with Gasteiger partial charge in [-0.1, -0.05) is 22.0 Å². The van der Waals surface area contributed by atoms with E-state index in [-0.39, 0.29) is 0 Å². The number of nitrogens with zero attached hydrogens (tertiary/aromatic N) is 1. The standard InChI is InChI=1S/C14H12BrN3/c1-9-2-5-12(17)7-13(9)18-14-6-11(15)4-3-10(14)8-16/h2-7,18H,17H2,1H3. The van der Waals surface area contributed by atoms with E-state index < -0.39 is 0 Å². The van der Waals surface area contributed by atoms with Crippen molar-refractivity contribution in [1.82, 2.24) is 0 Å². The first-order chi connectivity index (χ1) is 8.60. The van der Waals surface area contributed by atoms with Crippen LogP contribution in [0.3, 0.4) is 0 Å². The lowest BCUT2D eigenvalue weighted by atomic mass is 10.1. The zero-order valence-electron chi connectivity index (χ0n) is 9.87. The molecule has 2 aromatic carbocycles. The lowest BCUT2D eigenvalue weighted by Gasteiger charge is -2.12. The van der Waals surface area contributed by atoms with Crippen molar-refractivity contribution in [2.75, 3.05) is 11.1 Å². The third kappa shape index (κ3) is 2.63. The fourth-order valence-corrected chi connectivity index (χ4v) is 2.00. The molecule has 0 aliphatic heterocycles. The van der Waals surface area contributed by atoms with Gasteiger partial charge in [-0.05, 0) is 42.8 Å². The van der Waals surface area contributed by atoms with Crippen LogP contribution in [0.25, 0.3) is 0 Å². The van der Waals surface area contributed by atoms with Crippen molar-refractivity contribution in [2.24, 2.45) is 0 Å². The van der Waals surface area contributed by atoms with Crippen LogP contribution < -0.4 is 11.1 Å². The number of nitrogens with two attached hydrogens (primary N) is 1. The van der Waals surface area contributed by atoms with Crippen molar-refractivity contribution < 1.29 is 0 Å². The van der Waals surface area contributed by atoms with E-state index in [2.05, 4.69) is 27.3 Å². The number of nitriles is 1. The van der Waals surface area contributed by atoms with Crippen LogP contribution in [0, 0.1) is 18.3 Å². The van der Waals surface area contributed by atoms with Gasteiger partial charge >= 0.3 is 0 Å². The lowest BCUT2D eigenvalue weighted by Crippen LogP contribution is -1.97. The van der Waals surface area contributed by atoms with Gasteiger partial charge in [-0.3, -0.25) is 0 Å². The number of nitrogen functional groups attached to an aromatic ring is 1. The number of nitrogens with one attached hydrogen (secondary N) is 1. The van der Waals surface area contributed by atoms with Gasteiger partial charge < -0.3 is 11.1 Å². The number of aryl methyl sites for hydroxylation is 1. The third-order valence-corrected chi connectivity index (χ3v) is 3.13. The van der Waals surface area contributed by atoms with Gasteiger partial charge in [0.1, 0.15) is 6.07 Å². The molecule has 0 aromatic heterocycles. The van der Waals surface area contributed by atoms with Gasteiger partial charge in [0, 0.05) is 15.8 Å². The molecule has 4 heteroatoms. The summed E-state index contributed by atoms with van der Waals surface area (Å²) >= 11 is 3.40. The van der Waals surface area contributed by atoms with Crippen LogP contribution in [0.15, 0.2) is 40.9 Å². The zero-order chi connectivity index (χ0) is 13.1. The highest BCUT2D eigenvalue weighted by molar-refractivity contribution is 9.10. The quantitative estimate of drug-likeness (QED) is 0.826. The Hall–Kier alpha value is -1.99. The third-order valence-electron chi connectivity index (χ3n) is 2.63. The molecule has 0 aliphatic carbocycles. The Bertz CT molecular complexity index is 629. The van der Waals surface area contributed by atoms with Gasteiger partial charge in [-0.2, -0.15) is 5.26 Å². The van der Waals surface area contributed by atoms with Crippen molar-refractivity contribution in [3.63, 3.8) is 0 Å². The molecule has 90 valence electrons. The number of benzene rings is 2. The molecule has 2 rings (SSSR count). The first kappa shape index (κ1) is 12.5. The number of hydrogen-bond acceptors (Lipinski definition) is 3. The second-order valence-corrected chi connectivity index (χ2v) is 4.92. The first-order valence-electron chi connectivity index (χ1n) is 5.43. The van der Waals surface area contributed by atoms with Crippen LogP contribution >= 0.6 is 15.9 Å². The number of rotatable bonds is 2. The van der Waals surface area contributed by atoms with E-state index in [0.717, 1.165) is 21.4 Å². The summed E-state index contributed by atoms with van der Waals surface area (Å²) in [6.07, 6.45) is 0. The van der Waals surface area contributed by atoms with Crippen LogP contribution in [0.5, 0.6) is 0 Å². The second kappa shape index (κ2) is 5.11. The van der Waals surface area contributed by atoms with Crippen LogP contribution in [0.1, 0.15) is 11.1 Å². The summed E-state index contributed by atoms with van der Waals surface area (Å²) in [5, 5.41) is 12.3. The van der Waals surface area contributed by atoms with Crippen molar-refractivity contribution in [1.29, 1.82) is 5.26 Å². The van der Waals surface area contributed by atoms with Crippen LogP contribution in [0.2, 0.25) is 0 Å². The van der Waals surface area contributed by atoms with E-state index >= 15 is 0 Å². The smallest absolute Gasteiger partial charge is 0.101 e. The molecule has 2 aromatic rings. The van der Waals surface area contributed by atoms with Gasteiger partial charge in [0.05, 0.1) is 11.3 Å². The Morgan fingerprint density at radius 1 is 1.17 bits per heavy atom. The highest BCUT2D eigenvalue weighted by Crippen LogP contribution is 2.27. The van der Waals surface area contributed by atoms with Crippen LogP contribution in [-0.4, -0.2) is 0 Å². The van der Waals surface area contributed by atoms with E-state index in [0.29, 0.717) is 11.3 Å². The number of anilines is 3. The number of hydrogen-bond donors (Lipinski definition) is 2. The lowest BCUT2D eigenvalue weighted by molar-refractivity contribution is 1.41. The topological polar surface area (TPSA) is 61.8 Å². The average Bonchev–Trinajstić information content (AvgIpc) is 2.34. The maximum Gasteiger partial charge on any atom is 0.101 e. The van der Waals surface area contributed by atoms with Gasteiger partial charge in [-0.15, -0.1) is 0 Å². The fraction of sp³-hybridized carbons (Fsp3) is 0.0714. The molecule has 3 N–H and O–H groups in total. The molecule has 0 saturated heterocycles. The molecule has 3 nitrogen and oxygen atoms in total. The Morgan fingerprint density at radius 3 is 2.67 bits per heavy atom. The van der Waals surface area contributed by atoms with Crippen molar-refractivity contribution in [3.8, 4) is 6.07 Å². The summed E-state index contributed by atoms with van der Waals surface area (Å²) < 4.78 is 0.922. The van der Waals surface area contributed by atoms with Gasteiger partial charge in [0.15, 0.2) is 0 Å². The van der Waals surface area contributed by atoms with Gasteiger partial charge in [0.25, 0.3) is 0 Å². The first-order valence-corrected chi connectivity index (χ1v) is 6.22. The molecule has 0 fully saturated rings. The highest BCUT2D eigenvalue weighted by Gasteiger charge is 2.05. The predicted molar refractivity (Wildman–Crippen MR) is 77.7 cm³/mol. The molecule has 0 bridgehead atoms. The summed E-state index contributed by atoms with van der Waals surface area (Å²) in [5.41, 5.74) is 9.80. The predicted octanol–water partition coefficient (Wildman–Crippen LogP) is 3.96. The molecule has 0 unspecified atom stereocenters. The molecular weight excluding hydrogens is 290 g/mol. The average molecular weight is 302 g/mol. The molecular formula is C14H12BrN3. The Kier molecular flexibility index (Phi) is 3.54. The summed E-state index contributed by atoms with van der Waals surface area (Å²) in [6, 6.07) is 13.3. The van der Waals surface area contributed by atoms with Crippen molar-refractivity contribution in [3.05, 3.63) is 52.0 Å². The van der Waals surface area contributed by atoms with Crippen LogP contribution in [0.4, 0.5) is 17.1 Å². The highest BCUT2D eigenvalue weighted by atomic mass is 79.9. The minimum absolute atomic E-state index is 0.597. The summed E-state index contributed by atoms with van der Waals surface area (Å²) in [5.74, 6) is 0. The zero-order valence-corrected chi connectivity index (χ0v) is 11.5. The summed E-state index contributed by atoms with van der Waals surface area (Å²) in [7, 11) is 0. The monoisotopic (exact) mass is 301 g/mol. The maximum atomic E-state index is 9.08. The van der Waals surface area contributed by atoms with E-state index in [1.54, 1.807) is 6.07 Å². The van der Waals surface area contributed by atoms with E-state index in [1.165, 1.54) is 0 Å². The fourth-order valence-electron chi connectivity index (χ4n) is 1.64. The van der Waals surface area contributed by atoms with E-state index in [1.807, 2.05) is 37.3 Å². The number of halogens is 1. The van der Waals surface area contributed by atoms with E-state index in [4.69, 9.17) is 11.0 Å². The molecule has 0 aliphatic rings. The minimum atomic E-state index is 0.597. The SMILES string of the molecule is Cc1ccc(N)cc1Nc1cc(Br)ccc1C#N. The molecule has 0 saturated carbocycles. The molecule has 18 heavy (non-hydrogen) atoms. The molecule has 0 spiro atoms. The molecule has 0 amide bonds. The van der Waals surface area contributed by atoms with Crippen molar-refractivity contribution in [2.45, 2.75) is 6.92 Å². The largest absolute Gasteiger partial charge is 0.399 e. The van der Waals surface area contributed by atoms with Gasteiger partial charge in [0.2, 0.25) is 0 Å². The summed E-state index contributed by atoms with van der Waals surface area (Å²) in [6.45, 7) is 1.99. The van der Waals surface area contributed by atoms with E-state index in [9.17, 15) is 0 Å². The van der Waals surface area contributed by atoms with Crippen LogP contribution in [-0.2, 0) is 0 Å². The summed E-state index contributed by atoms with van der Waals surface area (Å²) in [4.78, 5) is 0. The Labute approximate surface area is 114 Å². The second-order valence-electron chi connectivity index (χ2n) is 4.00. The normalized spacial score (nSPS) is 9.83. The Morgan fingerprint density at radius 2 is 1.94 bits per heavy atom. The molecule has 0 radical (unpaired) electrons. The minimum Gasteiger partial charge on any atom is -0.399 e. The molecule has 0 atom stereocenters.